The maximum absolute atomic E-state index is 13.9. The van der Waals surface area contributed by atoms with E-state index in [9.17, 15) is 13.3 Å². The Labute approximate surface area is 165 Å². The summed E-state index contributed by atoms with van der Waals surface area (Å²) < 4.78 is 39.7. The highest BCUT2D eigenvalue weighted by atomic mass is 79.9. The Bertz CT molecular complexity index is 796. The second kappa shape index (κ2) is 8.19. The molecule has 0 aliphatic rings. The lowest BCUT2D eigenvalue weighted by Gasteiger charge is -2.20. The van der Waals surface area contributed by atoms with Crippen molar-refractivity contribution in [2.24, 2.45) is 0 Å². The molecule has 0 aliphatic carbocycles. The van der Waals surface area contributed by atoms with E-state index in [1.165, 1.54) is 12.1 Å². The molecular weight excluding hydrogens is 501 g/mol. The largest absolute Gasteiger partial charge is 0.399 e. The van der Waals surface area contributed by atoms with Crippen molar-refractivity contribution >= 4 is 51.2 Å². The molecule has 0 bridgehead atoms. The lowest BCUT2D eigenvalue weighted by atomic mass is 10.1. The summed E-state index contributed by atoms with van der Waals surface area (Å²) >= 11 is 8.03. The van der Waals surface area contributed by atoms with E-state index in [2.05, 4.69) is 31.9 Å². The van der Waals surface area contributed by atoms with Gasteiger partial charge in [-0.3, -0.25) is 4.57 Å². The minimum absolute atomic E-state index is 0.0191. The lowest BCUT2D eigenvalue weighted by Crippen LogP contribution is -2.14. The summed E-state index contributed by atoms with van der Waals surface area (Å²) in [6.07, 6.45) is 0. The minimum atomic E-state index is -5.59. The van der Waals surface area contributed by atoms with Crippen molar-refractivity contribution < 1.29 is 23.1 Å². The Kier molecular flexibility index (Phi) is 6.90. The second-order valence-electron chi connectivity index (χ2n) is 5.40. The third kappa shape index (κ3) is 5.15. The number of hydrogen-bond acceptors (Lipinski definition) is 2. The smallest absolute Gasteiger partial charge is 0.320 e. The molecule has 3 nitrogen and oxygen atoms in total. The van der Waals surface area contributed by atoms with Gasteiger partial charge in [0.05, 0.1) is 0 Å². The predicted octanol–water partition coefficient (Wildman–Crippen LogP) is 6.43. The van der Waals surface area contributed by atoms with Crippen LogP contribution < -0.4 is 0 Å². The van der Waals surface area contributed by atoms with Crippen LogP contribution in [0.2, 0.25) is 0 Å². The molecule has 2 aromatic carbocycles. The molecular formula is C16H15Br2F2O3PS. The summed E-state index contributed by atoms with van der Waals surface area (Å²) in [5.74, 6) is 0.756. The van der Waals surface area contributed by atoms with Crippen LogP contribution in [0.3, 0.4) is 0 Å². The van der Waals surface area contributed by atoms with E-state index < -0.39 is 18.8 Å². The molecule has 0 saturated heterocycles. The summed E-state index contributed by atoms with van der Waals surface area (Å²) in [6, 6.07) is 11.9. The van der Waals surface area contributed by atoms with E-state index in [4.69, 9.17) is 9.79 Å². The van der Waals surface area contributed by atoms with Gasteiger partial charge in [-0.25, -0.2) is 0 Å². The molecule has 1 unspecified atom stereocenters. The topological polar surface area (TPSA) is 57.5 Å². The van der Waals surface area contributed by atoms with Gasteiger partial charge in [0.25, 0.3) is 0 Å². The van der Waals surface area contributed by atoms with Crippen LogP contribution in [0.5, 0.6) is 0 Å². The number of benzene rings is 2. The van der Waals surface area contributed by atoms with E-state index in [0.717, 1.165) is 27.4 Å². The van der Waals surface area contributed by atoms with Gasteiger partial charge in [0.15, 0.2) is 0 Å². The Morgan fingerprint density at radius 1 is 1.16 bits per heavy atom. The van der Waals surface area contributed by atoms with Crippen LogP contribution in [-0.2, 0) is 16.0 Å². The first kappa shape index (κ1) is 21.1. The highest BCUT2D eigenvalue weighted by Gasteiger charge is 2.51. The summed E-state index contributed by atoms with van der Waals surface area (Å²) in [5, 5.41) is 0.0256. The Hall–Kier alpha value is -0.240. The van der Waals surface area contributed by atoms with Gasteiger partial charge in [0.1, 0.15) is 0 Å². The van der Waals surface area contributed by atoms with Gasteiger partial charge in [-0.05, 0) is 36.2 Å². The summed E-state index contributed by atoms with van der Waals surface area (Å²) in [5.41, 5.74) is -3.00. The zero-order valence-electron chi connectivity index (χ0n) is 13.0. The average Bonchev–Trinajstić information content (AvgIpc) is 2.52. The van der Waals surface area contributed by atoms with Crippen molar-refractivity contribution in [1.82, 2.24) is 0 Å². The Balaban J connectivity index is 2.14. The molecule has 0 amide bonds. The van der Waals surface area contributed by atoms with Gasteiger partial charge in [0, 0.05) is 25.5 Å². The fourth-order valence-corrected chi connectivity index (χ4v) is 4.63. The lowest BCUT2D eigenvalue weighted by molar-refractivity contribution is 0.0557. The first-order chi connectivity index (χ1) is 11.5. The fraction of sp³-hybridized carbons (Fsp3) is 0.250. The van der Waals surface area contributed by atoms with Crippen LogP contribution >= 0.6 is 51.2 Å². The molecule has 0 spiro atoms. The first-order valence-corrected chi connectivity index (χ1v) is 11.4. The zero-order valence-corrected chi connectivity index (χ0v) is 17.9. The van der Waals surface area contributed by atoms with Crippen molar-refractivity contribution in [3.8, 4) is 0 Å². The number of rotatable bonds is 6. The molecule has 9 heteroatoms. The van der Waals surface area contributed by atoms with Crippen LogP contribution in [0.4, 0.5) is 8.78 Å². The van der Waals surface area contributed by atoms with Gasteiger partial charge < -0.3 is 9.79 Å². The van der Waals surface area contributed by atoms with Crippen molar-refractivity contribution in [1.29, 1.82) is 0 Å². The maximum Gasteiger partial charge on any atom is 0.399 e. The molecule has 2 rings (SSSR count). The van der Waals surface area contributed by atoms with Crippen LogP contribution in [0.25, 0.3) is 0 Å². The van der Waals surface area contributed by atoms with Crippen molar-refractivity contribution in [3.05, 3.63) is 68.1 Å². The predicted molar refractivity (Wildman–Crippen MR) is 104 cm³/mol. The van der Waals surface area contributed by atoms with Gasteiger partial charge in [0.2, 0.25) is 0 Å². The molecule has 136 valence electrons. The number of thioether (sulfide) groups is 1. The summed E-state index contributed by atoms with van der Waals surface area (Å²) in [7, 11) is -5.59. The van der Waals surface area contributed by atoms with Crippen LogP contribution in [-0.4, -0.2) is 9.79 Å². The molecule has 1 atom stereocenters. The Morgan fingerprint density at radius 2 is 1.76 bits per heavy atom. The third-order valence-corrected chi connectivity index (χ3v) is 7.00. The molecule has 2 N–H and O–H groups in total. The van der Waals surface area contributed by atoms with E-state index in [-0.39, 0.29) is 9.72 Å². The quantitative estimate of drug-likeness (QED) is 0.435. The number of halogens is 4. The number of alkyl halides is 2. The summed E-state index contributed by atoms with van der Waals surface area (Å²) in [6.45, 7) is 1.95. The molecule has 25 heavy (non-hydrogen) atoms. The molecule has 0 fully saturated rings. The first-order valence-electron chi connectivity index (χ1n) is 7.12. The standard InChI is InChI=1S/C16H15Br2F2O3PS/c1-10(25-9-11-2-5-13(17)6-3-11)12-4-7-14(15(18)8-12)16(19,20)24(21,22)23/h2-8,10H,9H2,1H3,(H2,21,22,23). The molecule has 0 aliphatic heterocycles. The van der Waals surface area contributed by atoms with Crippen molar-refractivity contribution in [2.45, 2.75) is 23.6 Å². The fourth-order valence-electron chi connectivity index (χ4n) is 2.08. The van der Waals surface area contributed by atoms with Crippen LogP contribution in [0, 0.1) is 0 Å². The van der Waals surface area contributed by atoms with Gasteiger partial charge in [-0.2, -0.15) is 8.78 Å². The van der Waals surface area contributed by atoms with Crippen molar-refractivity contribution in [2.75, 3.05) is 0 Å². The molecule has 0 saturated carbocycles. The average molecular weight is 516 g/mol. The van der Waals surface area contributed by atoms with Crippen LogP contribution in [0.1, 0.15) is 28.9 Å². The normalized spacial score (nSPS) is 13.7. The summed E-state index contributed by atoms with van der Waals surface area (Å²) in [4.78, 5) is 17.7. The minimum Gasteiger partial charge on any atom is -0.320 e. The molecule has 2 aromatic rings. The van der Waals surface area contributed by atoms with Gasteiger partial charge in [-0.15, -0.1) is 11.8 Å². The van der Waals surface area contributed by atoms with E-state index in [0.29, 0.717) is 0 Å². The molecule has 0 radical (unpaired) electrons. The van der Waals surface area contributed by atoms with E-state index in [1.54, 1.807) is 11.8 Å². The number of hydrogen-bond donors (Lipinski definition) is 2. The van der Waals surface area contributed by atoms with Gasteiger partial charge >= 0.3 is 13.3 Å². The highest BCUT2D eigenvalue weighted by Crippen LogP contribution is 2.60. The van der Waals surface area contributed by atoms with E-state index in [1.807, 2.05) is 31.2 Å². The zero-order chi connectivity index (χ0) is 18.8. The van der Waals surface area contributed by atoms with E-state index >= 15 is 0 Å². The Morgan fingerprint density at radius 3 is 2.28 bits per heavy atom. The van der Waals surface area contributed by atoms with Gasteiger partial charge in [-0.1, -0.05) is 56.1 Å². The highest BCUT2D eigenvalue weighted by molar-refractivity contribution is 9.10. The third-order valence-electron chi connectivity index (χ3n) is 3.57. The monoisotopic (exact) mass is 514 g/mol. The van der Waals surface area contributed by atoms with Crippen LogP contribution in [0.15, 0.2) is 51.4 Å². The van der Waals surface area contributed by atoms with Crippen molar-refractivity contribution in [3.63, 3.8) is 0 Å². The second-order valence-corrected chi connectivity index (χ2v) is 10.2. The SMILES string of the molecule is CC(SCc1ccc(Br)cc1)c1ccc(C(F)(F)P(=O)(O)O)c(Br)c1. The molecule has 0 heterocycles. The molecule has 0 aromatic heterocycles. The maximum atomic E-state index is 13.9.